The van der Waals surface area contributed by atoms with Crippen LogP contribution < -0.4 is 0 Å². The standard InChI is InChI=1S/C5H9BFIO2/c6-5-3(7)4(9)2(1-8)10-5/h2-5,9H,1,6H2. The molecule has 4 unspecified atom stereocenters. The lowest BCUT2D eigenvalue weighted by Gasteiger charge is -2.09. The van der Waals surface area contributed by atoms with Crippen molar-refractivity contribution in [2.24, 2.45) is 0 Å². The second-order valence-corrected chi connectivity index (χ2v) is 3.35. The van der Waals surface area contributed by atoms with Gasteiger partial charge in [0.25, 0.3) is 0 Å². The highest BCUT2D eigenvalue weighted by Gasteiger charge is 2.40. The fraction of sp³-hybridized carbons (Fsp3) is 1.00. The van der Waals surface area contributed by atoms with E-state index >= 15 is 0 Å². The van der Waals surface area contributed by atoms with Crippen LogP contribution in [0.3, 0.4) is 0 Å². The zero-order valence-corrected chi connectivity index (χ0v) is 7.79. The summed E-state index contributed by atoms with van der Waals surface area (Å²) in [7, 11) is 1.64. The minimum atomic E-state index is -1.21. The molecule has 1 heterocycles. The number of ether oxygens (including phenoxy) is 1. The van der Waals surface area contributed by atoms with Crippen molar-refractivity contribution in [3.05, 3.63) is 0 Å². The summed E-state index contributed by atoms with van der Waals surface area (Å²) in [6.45, 7) is 0. The van der Waals surface area contributed by atoms with Crippen LogP contribution in [0.4, 0.5) is 4.39 Å². The van der Waals surface area contributed by atoms with Gasteiger partial charge >= 0.3 is 0 Å². The van der Waals surface area contributed by atoms with Crippen molar-refractivity contribution in [2.75, 3.05) is 4.43 Å². The van der Waals surface area contributed by atoms with Crippen molar-refractivity contribution in [2.45, 2.75) is 24.4 Å². The molecule has 1 aliphatic rings. The maximum absolute atomic E-state index is 12.8. The highest BCUT2D eigenvalue weighted by atomic mass is 127. The molecule has 0 amide bonds. The van der Waals surface area contributed by atoms with Crippen molar-refractivity contribution >= 4 is 30.4 Å². The molecule has 0 aromatic carbocycles. The molecule has 0 bridgehead atoms. The predicted molar refractivity (Wildman–Crippen MR) is 47.0 cm³/mol. The summed E-state index contributed by atoms with van der Waals surface area (Å²) in [4.78, 5) is 0. The molecule has 58 valence electrons. The molecule has 1 saturated heterocycles. The SMILES string of the molecule is BC1OC(CI)C(O)C1F. The largest absolute Gasteiger partial charge is 0.387 e. The lowest BCUT2D eigenvalue weighted by Crippen LogP contribution is -2.29. The van der Waals surface area contributed by atoms with E-state index in [1.165, 1.54) is 0 Å². The zero-order chi connectivity index (χ0) is 7.72. The monoisotopic (exact) mass is 258 g/mol. The van der Waals surface area contributed by atoms with E-state index < -0.39 is 18.3 Å². The van der Waals surface area contributed by atoms with Gasteiger partial charge in [-0.1, -0.05) is 22.6 Å². The second kappa shape index (κ2) is 3.36. The Morgan fingerprint density at radius 1 is 1.70 bits per heavy atom. The van der Waals surface area contributed by atoms with Gasteiger partial charge < -0.3 is 9.84 Å². The Bertz CT molecular complexity index is 126. The van der Waals surface area contributed by atoms with Gasteiger partial charge in [-0.3, -0.25) is 0 Å². The highest BCUT2D eigenvalue weighted by Crippen LogP contribution is 2.23. The number of hydrogen-bond donors (Lipinski definition) is 1. The van der Waals surface area contributed by atoms with Gasteiger partial charge in [0.05, 0.1) is 12.1 Å². The highest BCUT2D eigenvalue weighted by molar-refractivity contribution is 14.1. The molecule has 4 atom stereocenters. The van der Waals surface area contributed by atoms with Gasteiger partial charge in [0.1, 0.15) is 20.1 Å². The van der Waals surface area contributed by atoms with Crippen molar-refractivity contribution in [1.29, 1.82) is 0 Å². The smallest absolute Gasteiger partial charge is 0.147 e. The third-order valence-electron chi connectivity index (χ3n) is 1.70. The maximum Gasteiger partial charge on any atom is 0.147 e. The number of halogens is 2. The van der Waals surface area contributed by atoms with Gasteiger partial charge in [0.2, 0.25) is 0 Å². The second-order valence-electron chi connectivity index (χ2n) is 2.47. The summed E-state index contributed by atoms with van der Waals surface area (Å²) in [5, 5.41) is 9.12. The molecule has 0 aromatic rings. The quantitative estimate of drug-likeness (QED) is 0.389. The van der Waals surface area contributed by atoms with Gasteiger partial charge in [-0.2, -0.15) is 0 Å². The van der Waals surface area contributed by atoms with Crippen LogP contribution >= 0.6 is 22.6 Å². The molecule has 2 nitrogen and oxygen atoms in total. The predicted octanol–water partition coefficient (Wildman–Crippen LogP) is -0.522. The lowest BCUT2D eigenvalue weighted by atomic mass is 9.94. The fourth-order valence-corrected chi connectivity index (χ4v) is 1.77. The van der Waals surface area contributed by atoms with Crippen LogP contribution in [0.1, 0.15) is 0 Å². The third kappa shape index (κ3) is 1.45. The van der Waals surface area contributed by atoms with E-state index in [9.17, 15) is 4.39 Å². The third-order valence-corrected chi connectivity index (χ3v) is 2.57. The first-order valence-electron chi connectivity index (χ1n) is 3.20. The van der Waals surface area contributed by atoms with E-state index in [1.54, 1.807) is 7.85 Å². The van der Waals surface area contributed by atoms with Crippen LogP contribution in [0.15, 0.2) is 0 Å². The average Bonchev–Trinajstić information content (AvgIpc) is 2.17. The lowest BCUT2D eigenvalue weighted by molar-refractivity contribution is 0.0480. The molecular weight excluding hydrogens is 249 g/mol. The van der Waals surface area contributed by atoms with Crippen LogP contribution in [0, 0.1) is 0 Å². The fourth-order valence-electron chi connectivity index (χ4n) is 1.04. The minimum absolute atomic E-state index is 0.314. The summed E-state index contributed by atoms with van der Waals surface area (Å²) in [5.41, 5.74) is 0. The van der Waals surface area contributed by atoms with Crippen LogP contribution in [0.2, 0.25) is 0 Å². The molecule has 1 N–H and O–H groups in total. The van der Waals surface area contributed by atoms with Crippen LogP contribution in [-0.4, -0.2) is 41.8 Å². The Kier molecular flexibility index (Phi) is 2.94. The molecule has 0 saturated carbocycles. The first-order chi connectivity index (χ1) is 4.66. The number of rotatable bonds is 1. The van der Waals surface area contributed by atoms with Crippen LogP contribution in [0.25, 0.3) is 0 Å². The van der Waals surface area contributed by atoms with Crippen LogP contribution in [-0.2, 0) is 4.74 Å². The molecule has 5 heteroatoms. The molecule has 0 aliphatic carbocycles. The molecular formula is C5H9BFIO2. The normalized spacial score (nSPS) is 47.9. The Morgan fingerprint density at radius 2 is 2.30 bits per heavy atom. The van der Waals surface area contributed by atoms with Crippen molar-refractivity contribution in [3.63, 3.8) is 0 Å². The first kappa shape index (κ1) is 8.74. The maximum atomic E-state index is 12.8. The molecule has 0 radical (unpaired) electrons. The molecule has 1 aliphatic heterocycles. The van der Waals surface area contributed by atoms with Crippen molar-refractivity contribution in [1.82, 2.24) is 0 Å². The summed E-state index contributed by atoms with van der Waals surface area (Å²) in [6, 6.07) is -0.449. The summed E-state index contributed by atoms with van der Waals surface area (Å²) < 4.78 is 18.5. The Hall–Kier alpha value is 0.645. The summed E-state index contributed by atoms with van der Waals surface area (Å²) >= 11 is 2.07. The van der Waals surface area contributed by atoms with E-state index in [1.807, 2.05) is 0 Å². The summed E-state index contributed by atoms with van der Waals surface area (Å²) in [6.07, 6.45) is -2.45. The Labute approximate surface area is 73.7 Å². The van der Waals surface area contributed by atoms with E-state index in [2.05, 4.69) is 22.6 Å². The topological polar surface area (TPSA) is 29.5 Å². The Morgan fingerprint density at radius 3 is 2.50 bits per heavy atom. The average molecular weight is 258 g/mol. The molecule has 10 heavy (non-hydrogen) atoms. The van der Waals surface area contributed by atoms with E-state index in [0.29, 0.717) is 4.43 Å². The van der Waals surface area contributed by atoms with Crippen LogP contribution in [0.5, 0.6) is 0 Å². The number of hydrogen-bond acceptors (Lipinski definition) is 2. The van der Waals surface area contributed by atoms with E-state index in [4.69, 9.17) is 9.84 Å². The number of alkyl halides is 2. The molecule has 0 spiro atoms. The molecule has 0 aromatic heterocycles. The summed E-state index contributed by atoms with van der Waals surface area (Å²) in [5.74, 6) is 0. The van der Waals surface area contributed by atoms with Gasteiger partial charge in [-0.15, -0.1) is 0 Å². The van der Waals surface area contributed by atoms with Gasteiger partial charge in [-0.05, 0) is 0 Å². The minimum Gasteiger partial charge on any atom is -0.387 e. The van der Waals surface area contributed by atoms with Crippen molar-refractivity contribution < 1.29 is 14.2 Å². The number of aliphatic hydroxyl groups is 1. The number of aliphatic hydroxyl groups excluding tert-OH is 1. The molecule has 1 fully saturated rings. The zero-order valence-electron chi connectivity index (χ0n) is 5.63. The van der Waals surface area contributed by atoms with Crippen molar-refractivity contribution in [3.8, 4) is 0 Å². The van der Waals surface area contributed by atoms with Gasteiger partial charge in [0.15, 0.2) is 0 Å². The molecule has 1 rings (SSSR count). The van der Waals surface area contributed by atoms with Gasteiger partial charge in [-0.25, -0.2) is 4.39 Å². The van der Waals surface area contributed by atoms with Gasteiger partial charge in [0, 0.05) is 4.43 Å². The first-order valence-corrected chi connectivity index (χ1v) is 4.73. The van der Waals surface area contributed by atoms with E-state index in [-0.39, 0.29) is 6.10 Å². The van der Waals surface area contributed by atoms with E-state index in [0.717, 1.165) is 0 Å². The Balaban J connectivity index is 2.53.